The summed E-state index contributed by atoms with van der Waals surface area (Å²) in [6.45, 7) is 6.39. The highest BCUT2D eigenvalue weighted by Gasteiger charge is 2.26. The van der Waals surface area contributed by atoms with Crippen LogP contribution in [0.4, 0.5) is 0 Å². The Bertz CT molecular complexity index is 422. The van der Waals surface area contributed by atoms with Crippen molar-refractivity contribution >= 4 is 0 Å². The van der Waals surface area contributed by atoms with Crippen molar-refractivity contribution in [2.45, 2.75) is 32.2 Å². The molecule has 0 bridgehead atoms. The number of ether oxygens (including phenoxy) is 2. The summed E-state index contributed by atoms with van der Waals surface area (Å²) in [4.78, 5) is 0. The van der Waals surface area contributed by atoms with E-state index in [-0.39, 0.29) is 6.61 Å². The highest BCUT2D eigenvalue weighted by atomic mass is 16.5. The molecule has 4 heteroatoms. The van der Waals surface area contributed by atoms with Crippen LogP contribution in [0.1, 0.15) is 32.3 Å². The SMILES string of the molecule is CCCNC(C)(CO)c1ccc2c(c1)OCCCO2. The van der Waals surface area contributed by atoms with Crippen LogP contribution in [0.5, 0.6) is 11.5 Å². The molecule has 106 valence electrons. The van der Waals surface area contributed by atoms with Gasteiger partial charge in [0.05, 0.1) is 25.4 Å². The second-order valence-electron chi connectivity index (χ2n) is 5.13. The van der Waals surface area contributed by atoms with E-state index < -0.39 is 5.54 Å². The van der Waals surface area contributed by atoms with E-state index >= 15 is 0 Å². The lowest BCUT2D eigenvalue weighted by Crippen LogP contribution is -2.43. The summed E-state index contributed by atoms with van der Waals surface area (Å²) < 4.78 is 11.3. The van der Waals surface area contributed by atoms with E-state index in [1.807, 2.05) is 25.1 Å². The van der Waals surface area contributed by atoms with Crippen molar-refractivity contribution in [1.29, 1.82) is 0 Å². The largest absolute Gasteiger partial charge is 0.490 e. The minimum Gasteiger partial charge on any atom is -0.490 e. The van der Waals surface area contributed by atoms with E-state index in [0.717, 1.165) is 36.4 Å². The first kappa shape index (κ1) is 14.2. The third-order valence-corrected chi connectivity index (χ3v) is 3.47. The number of benzene rings is 1. The Morgan fingerprint density at radius 3 is 2.68 bits per heavy atom. The van der Waals surface area contributed by atoms with E-state index in [0.29, 0.717) is 13.2 Å². The van der Waals surface area contributed by atoms with Gasteiger partial charge in [-0.3, -0.25) is 0 Å². The van der Waals surface area contributed by atoms with Crippen molar-refractivity contribution in [2.24, 2.45) is 0 Å². The van der Waals surface area contributed by atoms with Gasteiger partial charge in [0.25, 0.3) is 0 Å². The summed E-state index contributed by atoms with van der Waals surface area (Å²) >= 11 is 0. The fourth-order valence-corrected chi connectivity index (χ4v) is 2.16. The smallest absolute Gasteiger partial charge is 0.161 e. The summed E-state index contributed by atoms with van der Waals surface area (Å²) in [6.07, 6.45) is 1.93. The Morgan fingerprint density at radius 1 is 1.26 bits per heavy atom. The molecule has 1 heterocycles. The summed E-state index contributed by atoms with van der Waals surface area (Å²) in [5.41, 5.74) is 0.577. The summed E-state index contributed by atoms with van der Waals surface area (Å²) in [7, 11) is 0. The second-order valence-corrected chi connectivity index (χ2v) is 5.13. The van der Waals surface area contributed by atoms with E-state index in [9.17, 15) is 5.11 Å². The van der Waals surface area contributed by atoms with Gasteiger partial charge in [-0.15, -0.1) is 0 Å². The lowest BCUT2D eigenvalue weighted by atomic mass is 9.92. The average Bonchev–Trinajstić information content (AvgIpc) is 2.69. The molecule has 1 aliphatic rings. The maximum atomic E-state index is 9.69. The van der Waals surface area contributed by atoms with E-state index in [4.69, 9.17) is 9.47 Å². The monoisotopic (exact) mass is 265 g/mol. The highest BCUT2D eigenvalue weighted by molar-refractivity contribution is 5.45. The first-order chi connectivity index (χ1) is 9.19. The minimum atomic E-state index is -0.444. The van der Waals surface area contributed by atoms with Crippen LogP contribution >= 0.6 is 0 Å². The maximum Gasteiger partial charge on any atom is 0.161 e. The number of hydrogen-bond donors (Lipinski definition) is 2. The molecule has 1 aromatic rings. The van der Waals surface area contributed by atoms with Crippen molar-refractivity contribution in [2.75, 3.05) is 26.4 Å². The number of hydrogen-bond acceptors (Lipinski definition) is 4. The molecule has 19 heavy (non-hydrogen) atoms. The van der Waals surface area contributed by atoms with Gasteiger partial charge in [0, 0.05) is 6.42 Å². The third kappa shape index (κ3) is 3.19. The van der Waals surface area contributed by atoms with Crippen LogP contribution in [0.15, 0.2) is 18.2 Å². The fourth-order valence-electron chi connectivity index (χ4n) is 2.16. The molecule has 0 saturated carbocycles. The molecule has 0 fully saturated rings. The number of aliphatic hydroxyl groups excluding tert-OH is 1. The maximum absolute atomic E-state index is 9.69. The topological polar surface area (TPSA) is 50.7 Å². The average molecular weight is 265 g/mol. The van der Waals surface area contributed by atoms with Gasteiger partial charge in [0.15, 0.2) is 11.5 Å². The number of aliphatic hydroxyl groups is 1. The second kappa shape index (κ2) is 6.26. The van der Waals surface area contributed by atoms with Crippen LogP contribution in [0.3, 0.4) is 0 Å². The van der Waals surface area contributed by atoms with Crippen molar-refractivity contribution in [3.05, 3.63) is 23.8 Å². The lowest BCUT2D eigenvalue weighted by Gasteiger charge is -2.30. The fraction of sp³-hybridized carbons (Fsp3) is 0.600. The zero-order valence-corrected chi connectivity index (χ0v) is 11.7. The van der Waals surface area contributed by atoms with Crippen LogP contribution in [0, 0.1) is 0 Å². The lowest BCUT2D eigenvalue weighted by molar-refractivity contribution is 0.175. The number of fused-ring (bicyclic) bond motifs is 1. The summed E-state index contributed by atoms with van der Waals surface area (Å²) in [5, 5.41) is 13.1. The van der Waals surface area contributed by atoms with Gasteiger partial charge in [0.2, 0.25) is 0 Å². The summed E-state index contributed by atoms with van der Waals surface area (Å²) in [6, 6.07) is 5.89. The molecule has 2 rings (SSSR count). The molecular weight excluding hydrogens is 242 g/mol. The Balaban J connectivity index is 2.26. The van der Waals surface area contributed by atoms with Gasteiger partial charge in [-0.25, -0.2) is 0 Å². The van der Waals surface area contributed by atoms with Gasteiger partial charge in [-0.05, 0) is 37.6 Å². The molecule has 1 atom stereocenters. The molecule has 0 amide bonds. The highest BCUT2D eigenvalue weighted by Crippen LogP contribution is 2.33. The predicted octanol–water partition coefficient (Wildman–Crippen LogP) is 2.05. The van der Waals surface area contributed by atoms with Gasteiger partial charge in [-0.1, -0.05) is 13.0 Å². The Kier molecular flexibility index (Phi) is 4.66. The van der Waals surface area contributed by atoms with E-state index in [1.165, 1.54) is 0 Å². The van der Waals surface area contributed by atoms with Gasteiger partial charge < -0.3 is 19.9 Å². The van der Waals surface area contributed by atoms with Gasteiger partial charge in [-0.2, -0.15) is 0 Å². The van der Waals surface area contributed by atoms with Gasteiger partial charge in [0.1, 0.15) is 0 Å². The molecule has 0 spiro atoms. The summed E-state index contributed by atoms with van der Waals surface area (Å²) in [5.74, 6) is 1.56. The quantitative estimate of drug-likeness (QED) is 0.855. The Hall–Kier alpha value is -1.26. The van der Waals surface area contributed by atoms with Crippen LogP contribution in [-0.4, -0.2) is 31.5 Å². The Morgan fingerprint density at radius 2 is 2.00 bits per heavy atom. The minimum absolute atomic E-state index is 0.0483. The molecule has 1 aliphatic heterocycles. The first-order valence-corrected chi connectivity index (χ1v) is 6.95. The van der Waals surface area contributed by atoms with E-state index in [1.54, 1.807) is 0 Å². The molecule has 1 unspecified atom stereocenters. The molecule has 2 N–H and O–H groups in total. The molecule has 4 nitrogen and oxygen atoms in total. The van der Waals surface area contributed by atoms with Crippen molar-refractivity contribution < 1.29 is 14.6 Å². The van der Waals surface area contributed by atoms with E-state index in [2.05, 4.69) is 12.2 Å². The molecule has 0 radical (unpaired) electrons. The van der Waals surface area contributed by atoms with Crippen molar-refractivity contribution in [3.63, 3.8) is 0 Å². The molecule has 0 saturated heterocycles. The first-order valence-electron chi connectivity index (χ1n) is 6.95. The standard InChI is InChI=1S/C15H23NO3/c1-3-7-16-15(2,11-17)12-5-6-13-14(10-12)19-9-4-8-18-13/h5-6,10,16-17H,3-4,7-9,11H2,1-2H3. The van der Waals surface area contributed by atoms with Crippen LogP contribution in [-0.2, 0) is 5.54 Å². The third-order valence-electron chi connectivity index (χ3n) is 3.47. The molecule has 0 aliphatic carbocycles. The van der Waals surface area contributed by atoms with Gasteiger partial charge >= 0.3 is 0 Å². The zero-order chi connectivity index (χ0) is 13.7. The number of rotatable bonds is 5. The molecule has 0 aromatic heterocycles. The Labute approximate surface area is 114 Å². The van der Waals surface area contributed by atoms with Crippen LogP contribution < -0.4 is 14.8 Å². The zero-order valence-electron chi connectivity index (χ0n) is 11.7. The van der Waals surface area contributed by atoms with Crippen LogP contribution in [0.25, 0.3) is 0 Å². The molecule has 1 aromatic carbocycles. The molecular formula is C15H23NO3. The van der Waals surface area contributed by atoms with Crippen LogP contribution in [0.2, 0.25) is 0 Å². The predicted molar refractivity (Wildman–Crippen MR) is 74.8 cm³/mol. The van der Waals surface area contributed by atoms with Crippen molar-refractivity contribution in [1.82, 2.24) is 5.32 Å². The normalized spacial score (nSPS) is 17.6. The number of nitrogens with one attached hydrogen (secondary N) is 1. The van der Waals surface area contributed by atoms with Crippen molar-refractivity contribution in [3.8, 4) is 11.5 Å².